The molecular weight excluding hydrogens is 284 g/mol. The average Bonchev–Trinajstić information content (AvgIpc) is 2.36. The van der Waals surface area contributed by atoms with E-state index in [1.54, 1.807) is 11.9 Å². The second kappa shape index (κ2) is 9.10. The van der Waals surface area contributed by atoms with Crippen molar-refractivity contribution in [1.82, 2.24) is 9.80 Å². The maximum Gasteiger partial charge on any atom is 0.317 e. The molecule has 128 valence electrons. The number of likely N-dealkylation sites (N-methyl/N-ethyl adjacent to an activating group) is 1. The number of amides is 1. The predicted molar refractivity (Wildman–Crippen MR) is 84.7 cm³/mol. The Balaban J connectivity index is 2.41. The molecule has 0 radical (unpaired) electrons. The van der Waals surface area contributed by atoms with Gasteiger partial charge < -0.3 is 14.7 Å². The van der Waals surface area contributed by atoms with Crippen LogP contribution in [-0.2, 0) is 14.3 Å². The number of morpholine rings is 1. The van der Waals surface area contributed by atoms with Crippen LogP contribution in [0.4, 0.5) is 0 Å². The molecule has 2 atom stereocenters. The highest BCUT2D eigenvalue weighted by molar-refractivity contribution is 5.76. The molecule has 0 aromatic carbocycles. The lowest BCUT2D eigenvalue weighted by molar-refractivity contribution is -0.143. The standard InChI is InChI=1S/C16H30N2O4/c1-12(2)7-13(3)8-15(19)18-5-6-22-14(10-18)9-17(4)11-16(20)21/h12-14H,5-11H2,1-4H3,(H,20,21). The number of nitrogens with zero attached hydrogens (tertiary/aromatic N) is 2. The van der Waals surface area contributed by atoms with Crippen LogP contribution in [-0.4, -0.2) is 72.7 Å². The topological polar surface area (TPSA) is 70.1 Å². The molecule has 6 nitrogen and oxygen atoms in total. The Morgan fingerprint density at radius 2 is 2.05 bits per heavy atom. The molecule has 1 aliphatic heterocycles. The molecule has 0 spiro atoms. The quantitative estimate of drug-likeness (QED) is 0.731. The van der Waals surface area contributed by atoms with Gasteiger partial charge in [0, 0.05) is 26.1 Å². The van der Waals surface area contributed by atoms with Crippen LogP contribution < -0.4 is 0 Å². The highest BCUT2D eigenvalue weighted by Gasteiger charge is 2.26. The number of ether oxygens (including phenoxy) is 1. The van der Waals surface area contributed by atoms with E-state index in [-0.39, 0.29) is 18.6 Å². The Morgan fingerprint density at radius 3 is 2.64 bits per heavy atom. The molecule has 1 rings (SSSR count). The molecule has 22 heavy (non-hydrogen) atoms. The summed E-state index contributed by atoms with van der Waals surface area (Å²) in [6.45, 7) is 8.68. The van der Waals surface area contributed by atoms with Crippen molar-refractivity contribution in [2.75, 3.05) is 39.8 Å². The summed E-state index contributed by atoms with van der Waals surface area (Å²) < 4.78 is 5.65. The van der Waals surface area contributed by atoms with E-state index >= 15 is 0 Å². The van der Waals surface area contributed by atoms with Crippen molar-refractivity contribution in [3.63, 3.8) is 0 Å². The maximum atomic E-state index is 12.4. The van der Waals surface area contributed by atoms with Gasteiger partial charge in [0.05, 0.1) is 19.3 Å². The fourth-order valence-corrected chi connectivity index (χ4v) is 3.01. The smallest absolute Gasteiger partial charge is 0.317 e. The van der Waals surface area contributed by atoms with Crippen LogP contribution in [0.3, 0.4) is 0 Å². The van der Waals surface area contributed by atoms with E-state index in [4.69, 9.17) is 9.84 Å². The SMILES string of the molecule is CC(C)CC(C)CC(=O)N1CCOC(CN(C)CC(=O)O)C1. The van der Waals surface area contributed by atoms with E-state index in [1.807, 2.05) is 4.90 Å². The molecular formula is C16H30N2O4. The largest absolute Gasteiger partial charge is 0.480 e. The van der Waals surface area contributed by atoms with E-state index in [9.17, 15) is 9.59 Å². The van der Waals surface area contributed by atoms with Gasteiger partial charge in [0.15, 0.2) is 0 Å². The Hall–Kier alpha value is -1.14. The molecule has 2 unspecified atom stereocenters. The van der Waals surface area contributed by atoms with E-state index in [0.717, 1.165) is 6.42 Å². The van der Waals surface area contributed by atoms with Crippen LogP contribution >= 0.6 is 0 Å². The first-order chi connectivity index (χ1) is 10.3. The summed E-state index contributed by atoms with van der Waals surface area (Å²) in [6, 6.07) is 0. The molecule has 0 saturated carbocycles. The second-order valence-electron chi connectivity index (χ2n) is 6.86. The first kappa shape index (κ1) is 18.9. The summed E-state index contributed by atoms with van der Waals surface area (Å²) in [6.07, 6.45) is 1.53. The van der Waals surface area contributed by atoms with E-state index in [0.29, 0.717) is 44.5 Å². The van der Waals surface area contributed by atoms with E-state index in [2.05, 4.69) is 20.8 Å². The zero-order valence-corrected chi connectivity index (χ0v) is 14.2. The molecule has 0 aromatic rings. The normalized spacial score (nSPS) is 20.5. The van der Waals surface area contributed by atoms with Gasteiger partial charge >= 0.3 is 5.97 Å². The van der Waals surface area contributed by atoms with Crippen LogP contribution in [0.2, 0.25) is 0 Å². The Labute approximate surface area is 133 Å². The summed E-state index contributed by atoms with van der Waals surface area (Å²) in [5, 5.41) is 8.78. The molecule has 1 fully saturated rings. The van der Waals surface area contributed by atoms with Crippen molar-refractivity contribution in [3.05, 3.63) is 0 Å². The van der Waals surface area contributed by atoms with Gasteiger partial charge in [-0.05, 0) is 25.3 Å². The summed E-state index contributed by atoms with van der Waals surface area (Å²) >= 11 is 0. The molecule has 1 aliphatic rings. The van der Waals surface area contributed by atoms with Gasteiger partial charge in [-0.2, -0.15) is 0 Å². The molecule has 0 bridgehead atoms. The molecule has 6 heteroatoms. The summed E-state index contributed by atoms with van der Waals surface area (Å²) in [5.41, 5.74) is 0. The third-order valence-electron chi connectivity index (χ3n) is 3.81. The van der Waals surface area contributed by atoms with Gasteiger partial charge in [-0.1, -0.05) is 20.8 Å². The number of hydrogen-bond acceptors (Lipinski definition) is 4. The van der Waals surface area contributed by atoms with Gasteiger partial charge in [0.1, 0.15) is 0 Å². The van der Waals surface area contributed by atoms with Crippen molar-refractivity contribution in [3.8, 4) is 0 Å². The number of carbonyl (C=O) groups excluding carboxylic acids is 1. The third kappa shape index (κ3) is 7.22. The lowest BCUT2D eigenvalue weighted by atomic mass is 9.95. The van der Waals surface area contributed by atoms with Gasteiger partial charge in [-0.15, -0.1) is 0 Å². The minimum atomic E-state index is -0.853. The molecule has 1 N–H and O–H groups in total. The van der Waals surface area contributed by atoms with E-state index in [1.165, 1.54) is 0 Å². The van der Waals surface area contributed by atoms with Gasteiger partial charge in [-0.3, -0.25) is 14.5 Å². The zero-order valence-electron chi connectivity index (χ0n) is 14.2. The number of carboxylic acid groups (broad SMARTS) is 1. The monoisotopic (exact) mass is 314 g/mol. The summed E-state index contributed by atoms with van der Waals surface area (Å²) in [4.78, 5) is 26.6. The van der Waals surface area contributed by atoms with Crippen molar-refractivity contribution >= 4 is 11.9 Å². The Morgan fingerprint density at radius 1 is 1.36 bits per heavy atom. The second-order valence-corrected chi connectivity index (χ2v) is 6.86. The maximum absolute atomic E-state index is 12.4. The predicted octanol–water partition coefficient (Wildman–Crippen LogP) is 1.30. The van der Waals surface area contributed by atoms with Crippen LogP contribution in [0.25, 0.3) is 0 Å². The fraction of sp³-hybridized carbons (Fsp3) is 0.875. The van der Waals surface area contributed by atoms with Crippen LogP contribution in [0, 0.1) is 11.8 Å². The fourth-order valence-electron chi connectivity index (χ4n) is 3.01. The first-order valence-electron chi connectivity index (χ1n) is 8.07. The highest BCUT2D eigenvalue weighted by atomic mass is 16.5. The zero-order chi connectivity index (χ0) is 16.7. The number of hydrogen-bond donors (Lipinski definition) is 1. The van der Waals surface area contributed by atoms with Crippen molar-refractivity contribution in [2.24, 2.45) is 11.8 Å². The van der Waals surface area contributed by atoms with Crippen LogP contribution in [0.1, 0.15) is 33.6 Å². The summed E-state index contributed by atoms with van der Waals surface area (Å²) in [7, 11) is 1.75. The minimum Gasteiger partial charge on any atom is -0.480 e. The highest BCUT2D eigenvalue weighted by Crippen LogP contribution is 2.17. The van der Waals surface area contributed by atoms with E-state index < -0.39 is 5.97 Å². The molecule has 0 aliphatic carbocycles. The molecule has 1 saturated heterocycles. The van der Waals surface area contributed by atoms with Crippen LogP contribution in [0.5, 0.6) is 0 Å². The molecule has 1 heterocycles. The van der Waals surface area contributed by atoms with Gasteiger partial charge in [0.2, 0.25) is 5.91 Å². The Kier molecular flexibility index (Phi) is 7.82. The lowest BCUT2D eigenvalue weighted by Gasteiger charge is -2.35. The van der Waals surface area contributed by atoms with Gasteiger partial charge in [0.25, 0.3) is 0 Å². The van der Waals surface area contributed by atoms with Crippen molar-refractivity contribution in [2.45, 2.75) is 39.7 Å². The molecule has 0 aromatic heterocycles. The minimum absolute atomic E-state index is 0.0147. The van der Waals surface area contributed by atoms with Crippen molar-refractivity contribution < 1.29 is 19.4 Å². The van der Waals surface area contributed by atoms with Crippen molar-refractivity contribution in [1.29, 1.82) is 0 Å². The lowest BCUT2D eigenvalue weighted by Crippen LogP contribution is -2.49. The van der Waals surface area contributed by atoms with Crippen LogP contribution in [0.15, 0.2) is 0 Å². The first-order valence-corrected chi connectivity index (χ1v) is 8.07. The number of carbonyl (C=O) groups is 2. The average molecular weight is 314 g/mol. The molecule has 1 amide bonds. The number of carboxylic acids is 1. The third-order valence-corrected chi connectivity index (χ3v) is 3.81. The number of aliphatic carboxylic acids is 1. The summed E-state index contributed by atoms with van der Waals surface area (Å²) in [5.74, 6) is 0.324. The Bertz CT molecular complexity index is 373. The van der Waals surface area contributed by atoms with Gasteiger partial charge in [-0.25, -0.2) is 0 Å². The number of rotatable bonds is 8.